The molecule has 0 amide bonds. The van der Waals surface area contributed by atoms with E-state index >= 15 is 0 Å². The highest BCUT2D eigenvalue weighted by Crippen LogP contribution is 2.50. The smallest absolute Gasteiger partial charge is 0.324 e. The van der Waals surface area contributed by atoms with Crippen molar-refractivity contribution >= 4 is 7.60 Å². The highest BCUT2D eigenvalue weighted by atomic mass is 31.2. The standard InChI is InChI=1S/C11H23O3P/c1-4-7-8-9-11(6-3)15(12,13)14-10-5-2/h5,11H,2,4,6-10H2,1,3H3,(H,12,13). The fraction of sp³-hybridized carbons (Fsp3) is 0.818. The molecular weight excluding hydrogens is 211 g/mol. The summed E-state index contributed by atoms with van der Waals surface area (Å²) in [6.45, 7) is 7.66. The largest absolute Gasteiger partial charge is 0.331 e. The molecule has 2 atom stereocenters. The van der Waals surface area contributed by atoms with E-state index in [4.69, 9.17) is 4.52 Å². The van der Waals surface area contributed by atoms with Crippen molar-refractivity contribution in [3.8, 4) is 0 Å². The molecule has 0 aromatic carbocycles. The molecule has 1 N–H and O–H groups in total. The van der Waals surface area contributed by atoms with Gasteiger partial charge in [0.25, 0.3) is 0 Å². The van der Waals surface area contributed by atoms with Crippen molar-refractivity contribution in [2.24, 2.45) is 0 Å². The monoisotopic (exact) mass is 234 g/mol. The van der Waals surface area contributed by atoms with Gasteiger partial charge in [0.15, 0.2) is 0 Å². The van der Waals surface area contributed by atoms with Crippen molar-refractivity contribution in [3.63, 3.8) is 0 Å². The van der Waals surface area contributed by atoms with Crippen molar-refractivity contribution in [3.05, 3.63) is 12.7 Å². The summed E-state index contributed by atoms with van der Waals surface area (Å²) in [5, 5.41) is 0. The van der Waals surface area contributed by atoms with Crippen molar-refractivity contribution in [1.82, 2.24) is 0 Å². The van der Waals surface area contributed by atoms with E-state index in [0.29, 0.717) is 6.42 Å². The second-order valence-corrected chi connectivity index (χ2v) is 5.82. The Labute approximate surface area is 93.1 Å². The van der Waals surface area contributed by atoms with Crippen LogP contribution in [0.25, 0.3) is 0 Å². The lowest BCUT2D eigenvalue weighted by molar-refractivity contribution is 0.273. The summed E-state index contributed by atoms with van der Waals surface area (Å²) < 4.78 is 16.7. The van der Waals surface area contributed by atoms with Crippen LogP contribution in [-0.4, -0.2) is 17.2 Å². The van der Waals surface area contributed by atoms with Gasteiger partial charge < -0.3 is 9.42 Å². The first-order valence-electron chi connectivity index (χ1n) is 5.66. The maximum atomic E-state index is 11.8. The Morgan fingerprint density at radius 3 is 2.60 bits per heavy atom. The molecule has 0 saturated carbocycles. The molecule has 0 fully saturated rings. The van der Waals surface area contributed by atoms with Crippen LogP contribution in [0.5, 0.6) is 0 Å². The van der Waals surface area contributed by atoms with E-state index in [1.165, 1.54) is 6.08 Å². The first kappa shape index (κ1) is 14.9. The molecule has 0 saturated heterocycles. The molecule has 0 aliphatic rings. The third-order valence-electron chi connectivity index (χ3n) is 2.45. The van der Waals surface area contributed by atoms with Gasteiger partial charge in [0.2, 0.25) is 0 Å². The van der Waals surface area contributed by atoms with Gasteiger partial charge in [0.1, 0.15) is 0 Å². The Kier molecular flexibility index (Phi) is 8.03. The van der Waals surface area contributed by atoms with Crippen molar-refractivity contribution in [1.29, 1.82) is 0 Å². The zero-order chi connectivity index (χ0) is 11.7. The number of hydrogen-bond donors (Lipinski definition) is 1. The first-order chi connectivity index (χ1) is 7.08. The van der Waals surface area contributed by atoms with Gasteiger partial charge in [-0.15, -0.1) is 6.58 Å². The lowest BCUT2D eigenvalue weighted by Gasteiger charge is -2.20. The number of rotatable bonds is 9. The van der Waals surface area contributed by atoms with Crippen LogP contribution in [0.1, 0.15) is 46.0 Å². The molecule has 15 heavy (non-hydrogen) atoms. The van der Waals surface area contributed by atoms with Gasteiger partial charge in [-0.1, -0.05) is 39.2 Å². The molecule has 0 spiro atoms. The third-order valence-corrected chi connectivity index (χ3v) is 4.52. The van der Waals surface area contributed by atoms with Crippen LogP contribution >= 0.6 is 7.60 Å². The quantitative estimate of drug-likeness (QED) is 0.375. The van der Waals surface area contributed by atoms with E-state index in [1.807, 2.05) is 6.92 Å². The van der Waals surface area contributed by atoms with Crippen LogP contribution in [0.15, 0.2) is 12.7 Å². The van der Waals surface area contributed by atoms with Crippen molar-refractivity contribution in [2.45, 2.75) is 51.6 Å². The maximum Gasteiger partial charge on any atom is 0.331 e. The molecule has 90 valence electrons. The second-order valence-electron chi connectivity index (χ2n) is 3.71. The highest BCUT2D eigenvalue weighted by molar-refractivity contribution is 7.53. The average molecular weight is 234 g/mol. The summed E-state index contributed by atoms with van der Waals surface area (Å²) in [6.07, 6.45) is 6.19. The van der Waals surface area contributed by atoms with Gasteiger partial charge in [-0.2, -0.15) is 0 Å². The molecule has 0 rings (SSSR count). The molecule has 0 radical (unpaired) electrons. The molecule has 0 heterocycles. The third kappa shape index (κ3) is 6.14. The highest BCUT2D eigenvalue weighted by Gasteiger charge is 2.29. The van der Waals surface area contributed by atoms with Crippen LogP contribution in [0.3, 0.4) is 0 Å². The SMILES string of the molecule is C=CCOP(=O)(O)C(CC)CCCCC. The zero-order valence-corrected chi connectivity index (χ0v) is 10.7. The van der Waals surface area contributed by atoms with Crippen molar-refractivity contribution in [2.75, 3.05) is 6.61 Å². The van der Waals surface area contributed by atoms with Gasteiger partial charge in [-0.3, -0.25) is 4.57 Å². The number of hydrogen-bond acceptors (Lipinski definition) is 2. The van der Waals surface area contributed by atoms with E-state index in [2.05, 4.69) is 13.5 Å². The first-order valence-corrected chi connectivity index (χ1v) is 7.31. The van der Waals surface area contributed by atoms with E-state index in [9.17, 15) is 9.46 Å². The Morgan fingerprint density at radius 1 is 1.47 bits per heavy atom. The molecule has 4 heteroatoms. The van der Waals surface area contributed by atoms with Crippen LogP contribution in [0.4, 0.5) is 0 Å². The van der Waals surface area contributed by atoms with Crippen LogP contribution < -0.4 is 0 Å². The minimum atomic E-state index is -3.43. The Bertz CT molecular complexity index is 216. The Balaban J connectivity index is 4.11. The van der Waals surface area contributed by atoms with Gasteiger partial charge in [-0.25, -0.2) is 0 Å². The van der Waals surface area contributed by atoms with Gasteiger partial charge in [0, 0.05) is 0 Å². The fourth-order valence-electron chi connectivity index (χ4n) is 1.49. The topological polar surface area (TPSA) is 46.5 Å². The van der Waals surface area contributed by atoms with Gasteiger partial charge in [0.05, 0.1) is 12.3 Å². The lowest BCUT2D eigenvalue weighted by atomic mass is 10.1. The predicted octanol–water partition coefficient (Wildman–Crippen LogP) is 3.73. The van der Waals surface area contributed by atoms with E-state index in [0.717, 1.165) is 25.7 Å². The van der Waals surface area contributed by atoms with Crippen LogP contribution in [-0.2, 0) is 9.09 Å². The normalized spacial score (nSPS) is 17.0. The molecule has 0 aliphatic heterocycles. The molecule has 0 bridgehead atoms. The lowest BCUT2D eigenvalue weighted by Crippen LogP contribution is -2.09. The molecule has 0 aromatic heterocycles. The van der Waals surface area contributed by atoms with E-state index < -0.39 is 7.60 Å². The average Bonchev–Trinajstić information content (AvgIpc) is 2.21. The minimum absolute atomic E-state index is 0.151. The van der Waals surface area contributed by atoms with Crippen molar-refractivity contribution < 1.29 is 14.0 Å². The fourth-order valence-corrected chi connectivity index (χ4v) is 2.99. The van der Waals surface area contributed by atoms with Crippen LogP contribution in [0.2, 0.25) is 0 Å². The second kappa shape index (κ2) is 8.09. The predicted molar refractivity (Wildman–Crippen MR) is 64.2 cm³/mol. The van der Waals surface area contributed by atoms with Crippen LogP contribution in [0, 0.1) is 0 Å². The molecular formula is C11H23O3P. The van der Waals surface area contributed by atoms with Gasteiger partial charge >= 0.3 is 7.60 Å². The summed E-state index contributed by atoms with van der Waals surface area (Å²) in [7, 11) is -3.43. The van der Waals surface area contributed by atoms with E-state index in [1.54, 1.807) is 0 Å². The molecule has 2 unspecified atom stereocenters. The molecule has 0 aromatic rings. The summed E-state index contributed by atoms with van der Waals surface area (Å²) in [6, 6.07) is 0. The maximum absolute atomic E-state index is 11.8. The summed E-state index contributed by atoms with van der Waals surface area (Å²) in [5.74, 6) is 0. The summed E-state index contributed by atoms with van der Waals surface area (Å²) in [5.41, 5.74) is -0.219. The zero-order valence-electron chi connectivity index (χ0n) is 9.82. The summed E-state index contributed by atoms with van der Waals surface area (Å²) >= 11 is 0. The van der Waals surface area contributed by atoms with Gasteiger partial charge in [-0.05, 0) is 12.8 Å². The minimum Gasteiger partial charge on any atom is -0.324 e. The molecule has 0 aliphatic carbocycles. The summed E-state index contributed by atoms with van der Waals surface area (Å²) in [4.78, 5) is 9.69. The molecule has 3 nitrogen and oxygen atoms in total. The van der Waals surface area contributed by atoms with E-state index in [-0.39, 0.29) is 12.3 Å². The number of unbranched alkanes of at least 4 members (excludes halogenated alkanes) is 2. The Hall–Kier alpha value is -0.110. The Morgan fingerprint density at radius 2 is 2.13 bits per heavy atom.